The summed E-state index contributed by atoms with van der Waals surface area (Å²) in [5, 5.41) is 6.67. The second-order valence-corrected chi connectivity index (χ2v) is 6.12. The van der Waals surface area contributed by atoms with Gasteiger partial charge in [-0.25, -0.2) is 4.98 Å². The average Bonchev–Trinajstić information content (AvgIpc) is 3.24. The lowest BCUT2D eigenvalue weighted by Gasteiger charge is -2.16. The van der Waals surface area contributed by atoms with Gasteiger partial charge in [0.15, 0.2) is 0 Å². The van der Waals surface area contributed by atoms with Crippen molar-refractivity contribution in [2.24, 2.45) is 5.92 Å². The lowest BCUT2D eigenvalue weighted by molar-refractivity contribution is 0.0905. The van der Waals surface area contributed by atoms with Gasteiger partial charge in [0.25, 0.3) is 0 Å². The summed E-state index contributed by atoms with van der Waals surface area (Å²) in [5.41, 5.74) is 0.800. The molecule has 7 nitrogen and oxygen atoms in total. The predicted octanol–water partition coefficient (Wildman–Crippen LogP) is 2.12. The predicted molar refractivity (Wildman–Crippen MR) is 86.1 cm³/mol. The van der Waals surface area contributed by atoms with E-state index in [1.807, 2.05) is 26.0 Å². The highest BCUT2D eigenvalue weighted by Gasteiger charge is 2.18. The third-order valence-electron chi connectivity index (χ3n) is 3.72. The molecule has 0 aliphatic carbocycles. The minimum absolute atomic E-state index is 0.0137. The van der Waals surface area contributed by atoms with E-state index in [0.717, 1.165) is 24.5 Å². The largest absolute Gasteiger partial charge is 0.357 e. The molecule has 7 heteroatoms. The second-order valence-electron chi connectivity index (χ2n) is 6.12. The molecule has 23 heavy (non-hydrogen) atoms. The fourth-order valence-corrected chi connectivity index (χ4v) is 2.48. The van der Waals surface area contributed by atoms with Crippen LogP contribution in [0, 0.1) is 5.92 Å². The zero-order valence-corrected chi connectivity index (χ0v) is 13.5. The summed E-state index contributed by atoms with van der Waals surface area (Å²) in [5.74, 6) is 1.33. The third-order valence-corrected chi connectivity index (χ3v) is 3.72. The first-order valence-electron chi connectivity index (χ1n) is 7.97. The van der Waals surface area contributed by atoms with Gasteiger partial charge in [-0.15, -0.1) is 0 Å². The van der Waals surface area contributed by atoms with Gasteiger partial charge in [-0.1, -0.05) is 19.0 Å². The molecule has 3 rings (SSSR count). The van der Waals surface area contributed by atoms with Crippen LogP contribution in [0.25, 0.3) is 11.4 Å². The molecule has 0 unspecified atom stereocenters. The first-order chi connectivity index (χ1) is 11.1. The number of nitrogens with zero attached hydrogens (tertiary/aromatic N) is 4. The minimum Gasteiger partial charge on any atom is -0.357 e. The van der Waals surface area contributed by atoms with Gasteiger partial charge >= 0.3 is 11.8 Å². The van der Waals surface area contributed by atoms with Gasteiger partial charge in [0, 0.05) is 31.4 Å². The molecule has 1 amide bonds. The smallest absolute Gasteiger partial charge is 0.316 e. The lowest BCUT2D eigenvalue weighted by Crippen LogP contribution is -2.27. The Kier molecular flexibility index (Phi) is 4.55. The zero-order chi connectivity index (χ0) is 16.2. The van der Waals surface area contributed by atoms with Crippen LogP contribution in [0.2, 0.25) is 0 Å². The molecule has 1 aliphatic rings. The number of hydrogen-bond donors (Lipinski definition) is 1. The fraction of sp³-hybridized carbons (Fsp3) is 0.500. The van der Waals surface area contributed by atoms with Crippen molar-refractivity contribution in [2.75, 3.05) is 24.5 Å². The van der Waals surface area contributed by atoms with Crippen molar-refractivity contribution in [1.29, 1.82) is 0 Å². The van der Waals surface area contributed by atoms with Gasteiger partial charge in [-0.3, -0.25) is 4.79 Å². The van der Waals surface area contributed by atoms with Gasteiger partial charge in [-0.05, 0) is 30.9 Å². The average molecular weight is 315 g/mol. The Morgan fingerprint density at radius 1 is 1.39 bits per heavy atom. The van der Waals surface area contributed by atoms with Crippen LogP contribution in [-0.4, -0.2) is 40.7 Å². The van der Waals surface area contributed by atoms with Crippen LogP contribution in [0.4, 0.5) is 5.82 Å². The minimum atomic E-state index is -0.341. The highest BCUT2D eigenvalue weighted by atomic mass is 16.5. The molecule has 3 heterocycles. The number of carbonyl (C=O) groups excluding carboxylic acids is 1. The molecular weight excluding hydrogens is 294 g/mol. The van der Waals surface area contributed by atoms with E-state index >= 15 is 0 Å². The Labute approximate surface area is 135 Å². The number of hydrogen-bond acceptors (Lipinski definition) is 6. The number of rotatable bonds is 5. The normalized spacial score (nSPS) is 14.5. The van der Waals surface area contributed by atoms with E-state index in [1.165, 1.54) is 12.8 Å². The molecule has 0 radical (unpaired) electrons. The van der Waals surface area contributed by atoms with E-state index in [0.29, 0.717) is 18.3 Å². The van der Waals surface area contributed by atoms with Gasteiger partial charge in [0.05, 0.1) is 0 Å². The summed E-state index contributed by atoms with van der Waals surface area (Å²) in [4.78, 5) is 22.8. The summed E-state index contributed by atoms with van der Waals surface area (Å²) in [6.45, 7) is 6.66. The fourth-order valence-electron chi connectivity index (χ4n) is 2.48. The first-order valence-corrected chi connectivity index (χ1v) is 7.97. The van der Waals surface area contributed by atoms with Crippen LogP contribution in [0.5, 0.6) is 0 Å². The van der Waals surface area contributed by atoms with Crippen molar-refractivity contribution >= 4 is 11.7 Å². The third kappa shape index (κ3) is 3.67. The quantitative estimate of drug-likeness (QED) is 0.910. The summed E-state index contributed by atoms with van der Waals surface area (Å²) in [6, 6.07) is 3.76. The van der Waals surface area contributed by atoms with E-state index in [9.17, 15) is 4.79 Å². The van der Waals surface area contributed by atoms with Crippen molar-refractivity contribution < 1.29 is 9.32 Å². The van der Waals surface area contributed by atoms with Crippen molar-refractivity contribution in [1.82, 2.24) is 20.4 Å². The molecule has 122 valence electrons. The molecule has 1 saturated heterocycles. The maximum Gasteiger partial charge on any atom is 0.316 e. The molecule has 1 aliphatic heterocycles. The van der Waals surface area contributed by atoms with E-state index in [2.05, 4.69) is 25.3 Å². The molecular formula is C16H21N5O2. The van der Waals surface area contributed by atoms with Gasteiger partial charge in [0.2, 0.25) is 5.82 Å². The number of carbonyl (C=O) groups is 1. The molecule has 0 bridgehead atoms. The van der Waals surface area contributed by atoms with Crippen LogP contribution in [0.15, 0.2) is 22.9 Å². The number of nitrogens with one attached hydrogen (secondary N) is 1. The number of anilines is 1. The first kappa shape index (κ1) is 15.5. The molecule has 2 aromatic heterocycles. The Morgan fingerprint density at radius 2 is 2.17 bits per heavy atom. The molecule has 0 spiro atoms. The van der Waals surface area contributed by atoms with E-state index < -0.39 is 0 Å². The second kappa shape index (κ2) is 6.76. The van der Waals surface area contributed by atoms with E-state index in [-0.39, 0.29) is 11.8 Å². The maximum absolute atomic E-state index is 11.9. The lowest BCUT2D eigenvalue weighted by atomic mass is 10.2. The Bertz CT molecular complexity index is 677. The van der Waals surface area contributed by atoms with Gasteiger partial charge < -0.3 is 14.7 Å². The van der Waals surface area contributed by atoms with Gasteiger partial charge in [0.1, 0.15) is 5.82 Å². The van der Waals surface area contributed by atoms with E-state index in [4.69, 9.17) is 4.52 Å². The summed E-state index contributed by atoms with van der Waals surface area (Å²) >= 11 is 0. The topological polar surface area (TPSA) is 84.2 Å². The monoisotopic (exact) mass is 315 g/mol. The molecule has 0 saturated carbocycles. The van der Waals surface area contributed by atoms with Crippen LogP contribution in [0.1, 0.15) is 37.4 Å². The Balaban J connectivity index is 1.75. The number of aromatic nitrogens is 3. The SMILES string of the molecule is CC(C)CNC(=O)c1nc(-c2ccnc(N3CCCC3)c2)no1. The highest BCUT2D eigenvalue weighted by Crippen LogP contribution is 2.23. The van der Waals surface area contributed by atoms with Crippen molar-refractivity contribution in [3.05, 3.63) is 24.2 Å². The number of amides is 1. The summed E-state index contributed by atoms with van der Waals surface area (Å²) < 4.78 is 5.07. The Morgan fingerprint density at radius 3 is 2.91 bits per heavy atom. The van der Waals surface area contributed by atoms with Crippen LogP contribution < -0.4 is 10.2 Å². The van der Waals surface area contributed by atoms with Crippen molar-refractivity contribution in [3.63, 3.8) is 0 Å². The molecule has 2 aromatic rings. The van der Waals surface area contributed by atoms with Gasteiger partial charge in [-0.2, -0.15) is 4.98 Å². The van der Waals surface area contributed by atoms with Crippen LogP contribution in [-0.2, 0) is 0 Å². The zero-order valence-electron chi connectivity index (χ0n) is 13.5. The van der Waals surface area contributed by atoms with E-state index in [1.54, 1.807) is 6.20 Å². The van der Waals surface area contributed by atoms with Crippen molar-refractivity contribution in [3.8, 4) is 11.4 Å². The van der Waals surface area contributed by atoms with Crippen LogP contribution in [0.3, 0.4) is 0 Å². The molecule has 1 N–H and O–H groups in total. The molecule has 0 atom stereocenters. The highest BCUT2D eigenvalue weighted by molar-refractivity contribution is 5.89. The molecule has 1 fully saturated rings. The standard InChI is InChI=1S/C16H21N5O2/c1-11(2)10-18-15(22)16-19-14(20-23-16)12-5-6-17-13(9-12)21-7-3-4-8-21/h5-6,9,11H,3-4,7-8,10H2,1-2H3,(H,18,22). The summed E-state index contributed by atoms with van der Waals surface area (Å²) in [7, 11) is 0. The molecule has 0 aromatic carbocycles. The maximum atomic E-state index is 11.9. The van der Waals surface area contributed by atoms with Crippen molar-refractivity contribution in [2.45, 2.75) is 26.7 Å². The Hall–Kier alpha value is -2.44. The van der Waals surface area contributed by atoms with Crippen LogP contribution >= 0.6 is 0 Å². The number of pyridine rings is 1. The summed E-state index contributed by atoms with van der Waals surface area (Å²) in [6.07, 6.45) is 4.11.